The highest BCUT2D eigenvalue weighted by molar-refractivity contribution is 6.30. The van der Waals surface area contributed by atoms with Crippen LogP contribution in [-0.4, -0.2) is 17.4 Å². The number of anilines is 2. The van der Waals surface area contributed by atoms with Crippen LogP contribution in [0.15, 0.2) is 60.8 Å². The van der Waals surface area contributed by atoms with E-state index in [1.54, 1.807) is 18.2 Å². The van der Waals surface area contributed by atoms with Gasteiger partial charge in [0.05, 0.1) is 11.3 Å². The van der Waals surface area contributed by atoms with Crippen molar-refractivity contribution in [2.75, 3.05) is 11.9 Å². The number of hydrogen-bond donors (Lipinski definition) is 2. The van der Waals surface area contributed by atoms with Gasteiger partial charge in [-0.25, -0.2) is 13.8 Å². The molecule has 0 saturated carbocycles. The maximum absolute atomic E-state index is 13.6. The summed E-state index contributed by atoms with van der Waals surface area (Å²) in [6, 6.07) is 13.8. The number of rotatable bonds is 6. The lowest BCUT2D eigenvalue weighted by Crippen LogP contribution is -2.25. The van der Waals surface area contributed by atoms with Crippen LogP contribution in [0.1, 0.15) is 15.9 Å². The summed E-state index contributed by atoms with van der Waals surface area (Å²) >= 11 is 5.93. The molecular weight excluding hydrogens is 372 g/mol. The number of nitrogens with zero attached hydrogens (tertiary/aromatic N) is 1. The molecule has 27 heavy (non-hydrogen) atoms. The second-order valence-electron chi connectivity index (χ2n) is 5.82. The second kappa shape index (κ2) is 8.60. The average Bonchev–Trinajstić information content (AvgIpc) is 2.64. The van der Waals surface area contributed by atoms with Crippen molar-refractivity contribution in [3.8, 4) is 0 Å². The fraction of sp³-hybridized carbons (Fsp3) is 0.100. The second-order valence-corrected chi connectivity index (χ2v) is 6.25. The molecule has 2 N–H and O–H groups in total. The number of pyridine rings is 1. The molecule has 3 aromatic rings. The molecule has 4 nitrogen and oxygen atoms in total. The first-order valence-electron chi connectivity index (χ1n) is 8.22. The molecule has 0 atom stereocenters. The van der Waals surface area contributed by atoms with Gasteiger partial charge in [-0.2, -0.15) is 0 Å². The van der Waals surface area contributed by atoms with Gasteiger partial charge in [0.1, 0.15) is 17.5 Å². The highest BCUT2D eigenvalue weighted by Gasteiger charge is 2.08. The van der Waals surface area contributed by atoms with Crippen LogP contribution >= 0.6 is 11.6 Å². The molecule has 0 aliphatic carbocycles. The third-order valence-corrected chi connectivity index (χ3v) is 4.04. The van der Waals surface area contributed by atoms with E-state index in [2.05, 4.69) is 15.6 Å². The first-order valence-corrected chi connectivity index (χ1v) is 8.60. The van der Waals surface area contributed by atoms with E-state index in [0.717, 1.165) is 17.7 Å². The van der Waals surface area contributed by atoms with Crippen molar-refractivity contribution >= 4 is 29.0 Å². The number of amides is 1. The summed E-state index contributed by atoms with van der Waals surface area (Å²) in [5.74, 6) is -1.30. The zero-order chi connectivity index (χ0) is 19.2. The Morgan fingerprint density at radius 2 is 1.93 bits per heavy atom. The Morgan fingerprint density at radius 3 is 2.63 bits per heavy atom. The average molecular weight is 388 g/mol. The fourth-order valence-corrected chi connectivity index (χ4v) is 2.66. The zero-order valence-electron chi connectivity index (χ0n) is 14.2. The summed E-state index contributed by atoms with van der Waals surface area (Å²) in [5, 5.41) is 6.20. The molecule has 2 aromatic carbocycles. The number of nitrogens with one attached hydrogen (secondary N) is 2. The molecule has 7 heteroatoms. The summed E-state index contributed by atoms with van der Waals surface area (Å²) in [7, 11) is 0. The molecular formula is C20H16ClF2N3O. The van der Waals surface area contributed by atoms with Crippen LogP contribution in [0.4, 0.5) is 20.3 Å². The molecule has 3 rings (SSSR count). The normalized spacial score (nSPS) is 10.5. The number of aromatic nitrogens is 1. The van der Waals surface area contributed by atoms with E-state index in [1.165, 1.54) is 12.3 Å². The van der Waals surface area contributed by atoms with Crippen LogP contribution < -0.4 is 10.6 Å². The van der Waals surface area contributed by atoms with Crippen LogP contribution in [0, 0.1) is 11.6 Å². The third-order valence-electron chi connectivity index (χ3n) is 3.81. The van der Waals surface area contributed by atoms with Gasteiger partial charge in [0.25, 0.3) is 5.91 Å². The van der Waals surface area contributed by atoms with Gasteiger partial charge in [-0.3, -0.25) is 4.79 Å². The summed E-state index contributed by atoms with van der Waals surface area (Å²) in [5.41, 5.74) is 1.51. The van der Waals surface area contributed by atoms with Crippen LogP contribution in [-0.2, 0) is 6.42 Å². The van der Waals surface area contributed by atoms with Crippen LogP contribution in [0.25, 0.3) is 0 Å². The number of carbonyl (C=O) groups is 1. The summed E-state index contributed by atoms with van der Waals surface area (Å²) in [4.78, 5) is 16.3. The molecule has 0 aliphatic heterocycles. The van der Waals surface area contributed by atoms with Crippen LogP contribution in [0.5, 0.6) is 0 Å². The van der Waals surface area contributed by atoms with Crippen LogP contribution in [0.2, 0.25) is 5.02 Å². The quantitative estimate of drug-likeness (QED) is 0.643. The predicted molar refractivity (Wildman–Crippen MR) is 101 cm³/mol. The molecule has 0 aliphatic rings. The Kier molecular flexibility index (Phi) is 5.98. The monoisotopic (exact) mass is 387 g/mol. The van der Waals surface area contributed by atoms with E-state index in [4.69, 9.17) is 11.6 Å². The van der Waals surface area contributed by atoms with Crippen molar-refractivity contribution in [3.63, 3.8) is 0 Å². The van der Waals surface area contributed by atoms with Gasteiger partial charge >= 0.3 is 0 Å². The van der Waals surface area contributed by atoms with Crippen molar-refractivity contribution in [2.45, 2.75) is 6.42 Å². The molecule has 1 amide bonds. The van der Waals surface area contributed by atoms with E-state index in [-0.39, 0.29) is 11.6 Å². The largest absolute Gasteiger partial charge is 0.352 e. The van der Waals surface area contributed by atoms with Gasteiger partial charge in [-0.15, -0.1) is 0 Å². The SMILES string of the molecule is O=C(NCCc1cccc(Cl)c1)c1ccc(Nc2ccc(F)cc2F)nc1. The first kappa shape index (κ1) is 18.8. The van der Waals surface area contributed by atoms with Crippen molar-refractivity contribution in [1.29, 1.82) is 0 Å². The van der Waals surface area contributed by atoms with Gasteiger partial charge < -0.3 is 10.6 Å². The lowest BCUT2D eigenvalue weighted by Gasteiger charge is -2.08. The minimum Gasteiger partial charge on any atom is -0.352 e. The Morgan fingerprint density at radius 1 is 1.07 bits per heavy atom. The molecule has 0 bridgehead atoms. The lowest BCUT2D eigenvalue weighted by atomic mass is 10.1. The topological polar surface area (TPSA) is 54.0 Å². The first-order chi connectivity index (χ1) is 13.0. The smallest absolute Gasteiger partial charge is 0.252 e. The Balaban J connectivity index is 1.55. The number of hydrogen-bond acceptors (Lipinski definition) is 3. The van der Waals surface area contributed by atoms with Crippen LogP contribution in [0.3, 0.4) is 0 Å². The van der Waals surface area contributed by atoms with E-state index in [1.807, 2.05) is 18.2 Å². The van der Waals surface area contributed by atoms with Crippen molar-refractivity contribution in [2.24, 2.45) is 0 Å². The minimum absolute atomic E-state index is 0.0997. The molecule has 0 saturated heterocycles. The molecule has 0 unspecified atom stereocenters. The van der Waals surface area contributed by atoms with Crippen molar-refractivity contribution in [3.05, 3.63) is 88.6 Å². The predicted octanol–water partition coefficient (Wildman–Crippen LogP) is 4.73. The van der Waals surface area contributed by atoms with Gasteiger partial charge in [0, 0.05) is 23.8 Å². The number of benzene rings is 2. The summed E-state index contributed by atoms with van der Waals surface area (Å²) in [6.45, 7) is 0.458. The van der Waals surface area contributed by atoms with Crippen molar-refractivity contribution < 1.29 is 13.6 Å². The van der Waals surface area contributed by atoms with Gasteiger partial charge in [0.2, 0.25) is 0 Å². The van der Waals surface area contributed by atoms with E-state index in [0.29, 0.717) is 29.4 Å². The minimum atomic E-state index is -0.723. The van der Waals surface area contributed by atoms with Crippen molar-refractivity contribution in [1.82, 2.24) is 10.3 Å². The standard InChI is InChI=1S/C20H16ClF2N3O/c21-15-3-1-2-13(10-15)8-9-24-20(27)14-4-7-19(25-12-14)26-18-6-5-16(22)11-17(18)23/h1-7,10-12H,8-9H2,(H,24,27)(H,25,26). The summed E-state index contributed by atoms with van der Waals surface area (Å²) < 4.78 is 26.6. The maximum atomic E-state index is 13.6. The summed E-state index contributed by atoms with van der Waals surface area (Å²) in [6.07, 6.45) is 2.04. The van der Waals surface area contributed by atoms with Gasteiger partial charge in [0.15, 0.2) is 0 Å². The number of carbonyl (C=O) groups excluding carboxylic acids is 1. The Hall–Kier alpha value is -2.99. The molecule has 1 aromatic heterocycles. The molecule has 0 radical (unpaired) electrons. The van der Waals surface area contributed by atoms with Gasteiger partial charge in [-0.1, -0.05) is 23.7 Å². The van der Waals surface area contributed by atoms with E-state index >= 15 is 0 Å². The van der Waals surface area contributed by atoms with E-state index < -0.39 is 11.6 Å². The Bertz CT molecular complexity index is 948. The van der Waals surface area contributed by atoms with Gasteiger partial charge in [-0.05, 0) is 48.4 Å². The highest BCUT2D eigenvalue weighted by atomic mass is 35.5. The van der Waals surface area contributed by atoms with E-state index in [9.17, 15) is 13.6 Å². The zero-order valence-corrected chi connectivity index (χ0v) is 14.9. The molecule has 138 valence electrons. The molecule has 0 spiro atoms. The number of halogens is 3. The lowest BCUT2D eigenvalue weighted by molar-refractivity contribution is 0.0954. The fourth-order valence-electron chi connectivity index (χ4n) is 2.45. The molecule has 1 heterocycles. The molecule has 0 fully saturated rings. The third kappa shape index (κ3) is 5.24. The highest BCUT2D eigenvalue weighted by Crippen LogP contribution is 2.19. The maximum Gasteiger partial charge on any atom is 0.252 e. The Labute approximate surface area is 160 Å².